The zero-order chi connectivity index (χ0) is 21.8. The van der Waals surface area contributed by atoms with Crippen molar-refractivity contribution in [1.29, 1.82) is 5.26 Å². The van der Waals surface area contributed by atoms with Gasteiger partial charge in [0.2, 0.25) is 5.91 Å². The molecule has 0 atom stereocenters. The van der Waals surface area contributed by atoms with Crippen LogP contribution in [0.4, 0.5) is 17.1 Å². The Morgan fingerprint density at radius 1 is 1.16 bits per heavy atom. The Hall–Kier alpha value is -4.35. The number of hydrogen-bond donors (Lipinski definition) is 3. The maximum absolute atomic E-state index is 11.7. The largest absolute Gasteiger partial charge is 0.457 e. The maximum atomic E-state index is 11.7. The molecule has 0 radical (unpaired) electrons. The number of ether oxygens (including phenoxy) is 1. The van der Waals surface area contributed by atoms with Gasteiger partial charge in [0.05, 0.1) is 41.4 Å². The van der Waals surface area contributed by atoms with E-state index in [2.05, 4.69) is 21.8 Å². The molecule has 0 saturated carbocycles. The Morgan fingerprint density at radius 3 is 2.55 bits per heavy atom. The van der Waals surface area contributed by atoms with Gasteiger partial charge in [-0.25, -0.2) is 4.52 Å². The minimum atomic E-state index is -0.303. The number of rotatable bonds is 6. The molecule has 2 aromatic heterocycles. The smallest absolute Gasteiger partial charge is 0.238 e. The van der Waals surface area contributed by atoms with Crippen LogP contribution in [0.2, 0.25) is 0 Å². The second-order valence-corrected chi connectivity index (χ2v) is 6.82. The van der Waals surface area contributed by atoms with Gasteiger partial charge in [0.1, 0.15) is 17.6 Å². The quantitative estimate of drug-likeness (QED) is 0.441. The van der Waals surface area contributed by atoms with Gasteiger partial charge in [-0.2, -0.15) is 10.4 Å². The van der Waals surface area contributed by atoms with Gasteiger partial charge in [0.15, 0.2) is 0 Å². The van der Waals surface area contributed by atoms with E-state index >= 15 is 0 Å². The first-order valence-corrected chi connectivity index (χ1v) is 9.60. The molecular weight excluding hydrogens is 392 g/mol. The number of carbonyl (C=O) groups is 1. The minimum Gasteiger partial charge on any atom is -0.457 e. The number of nitrogens with zero attached hydrogens (tertiary/aromatic N) is 3. The van der Waals surface area contributed by atoms with E-state index in [0.29, 0.717) is 28.2 Å². The lowest BCUT2D eigenvalue weighted by Gasteiger charge is -2.12. The van der Waals surface area contributed by atoms with Gasteiger partial charge in [-0.05, 0) is 43.3 Å². The molecule has 0 spiro atoms. The lowest BCUT2D eigenvalue weighted by Crippen LogP contribution is -2.21. The number of nitrogens with one attached hydrogen (secondary N) is 2. The van der Waals surface area contributed by atoms with Crippen LogP contribution >= 0.6 is 0 Å². The van der Waals surface area contributed by atoms with E-state index in [-0.39, 0.29) is 12.5 Å². The highest BCUT2D eigenvalue weighted by atomic mass is 16.5. The van der Waals surface area contributed by atoms with Gasteiger partial charge in [0.25, 0.3) is 0 Å². The molecule has 4 N–H and O–H groups in total. The molecule has 0 saturated heterocycles. The number of anilines is 3. The van der Waals surface area contributed by atoms with Crippen LogP contribution in [0.5, 0.6) is 11.5 Å². The van der Waals surface area contributed by atoms with E-state index in [0.717, 1.165) is 17.0 Å². The molecule has 0 aliphatic rings. The molecule has 1 amide bonds. The number of benzene rings is 2. The first kappa shape index (κ1) is 19.9. The summed E-state index contributed by atoms with van der Waals surface area (Å²) in [5, 5.41) is 19.9. The predicted molar refractivity (Wildman–Crippen MR) is 119 cm³/mol. The van der Waals surface area contributed by atoms with E-state index in [4.69, 9.17) is 10.5 Å². The van der Waals surface area contributed by atoms with Crippen molar-refractivity contribution >= 4 is 28.5 Å². The molecule has 4 rings (SSSR count). The van der Waals surface area contributed by atoms with Crippen LogP contribution in [-0.2, 0) is 4.79 Å². The van der Waals surface area contributed by atoms with Crippen LogP contribution in [0.15, 0.2) is 67.0 Å². The molecule has 0 bridgehead atoms. The first-order chi connectivity index (χ1) is 15.1. The van der Waals surface area contributed by atoms with E-state index in [1.165, 1.54) is 6.20 Å². The van der Waals surface area contributed by atoms with Gasteiger partial charge in [-0.15, -0.1) is 0 Å². The monoisotopic (exact) mass is 412 g/mol. The number of hydrogen-bond acceptors (Lipinski definition) is 6. The average Bonchev–Trinajstić information content (AvgIpc) is 3.11. The highest BCUT2D eigenvalue weighted by Gasteiger charge is 2.17. The number of amides is 1. The third-order valence-electron chi connectivity index (χ3n) is 4.74. The van der Waals surface area contributed by atoms with E-state index < -0.39 is 0 Å². The summed E-state index contributed by atoms with van der Waals surface area (Å²) in [5.74, 6) is 1.15. The third kappa shape index (κ3) is 4.17. The van der Waals surface area contributed by atoms with E-state index in [1.807, 2.05) is 61.5 Å². The summed E-state index contributed by atoms with van der Waals surface area (Å²) in [6.07, 6.45) is 3.18. The van der Waals surface area contributed by atoms with Gasteiger partial charge >= 0.3 is 0 Å². The average molecular weight is 412 g/mol. The molecule has 0 unspecified atom stereocenters. The number of nitrogens with two attached hydrogens (primary N) is 1. The van der Waals surface area contributed by atoms with E-state index in [1.54, 1.807) is 10.7 Å². The van der Waals surface area contributed by atoms with Crippen molar-refractivity contribution in [2.75, 3.05) is 17.2 Å². The van der Waals surface area contributed by atoms with Crippen LogP contribution in [-0.4, -0.2) is 22.1 Å². The van der Waals surface area contributed by atoms with Gasteiger partial charge in [-0.3, -0.25) is 4.79 Å². The normalized spacial score (nSPS) is 10.5. The zero-order valence-corrected chi connectivity index (χ0v) is 16.8. The third-order valence-corrected chi connectivity index (χ3v) is 4.74. The Kier molecular flexibility index (Phi) is 5.51. The fraction of sp³-hybridized carbons (Fsp3) is 0.0870. The second-order valence-electron chi connectivity index (χ2n) is 6.82. The zero-order valence-electron chi connectivity index (χ0n) is 16.8. The standard InChI is InChI=1S/C23H20N6O2/c1-15-20(28-21(30)12-25)14-29-23(15)22(16(11-24)13-26-29)27-17-7-9-19(10-8-17)31-18-5-3-2-4-6-18/h2-10,13-14,27H,12,25H2,1H3,(H,28,30). The van der Waals surface area contributed by atoms with Crippen LogP contribution < -0.4 is 21.1 Å². The number of aromatic nitrogens is 2. The van der Waals surface area contributed by atoms with E-state index in [9.17, 15) is 10.1 Å². The summed E-state index contributed by atoms with van der Waals surface area (Å²) in [4.78, 5) is 11.7. The van der Waals surface area contributed by atoms with Crippen molar-refractivity contribution in [2.24, 2.45) is 5.73 Å². The van der Waals surface area contributed by atoms with Crippen LogP contribution in [0.1, 0.15) is 11.1 Å². The summed E-state index contributed by atoms with van der Waals surface area (Å²) in [6.45, 7) is 1.73. The lowest BCUT2D eigenvalue weighted by atomic mass is 10.1. The number of para-hydroxylation sites is 1. The van der Waals surface area contributed by atoms with Gasteiger partial charge in [-0.1, -0.05) is 18.2 Å². The number of carbonyl (C=O) groups excluding carboxylic acids is 1. The maximum Gasteiger partial charge on any atom is 0.238 e. The van der Waals surface area contributed by atoms with Crippen LogP contribution in [0.3, 0.4) is 0 Å². The highest BCUT2D eigenvalue weighted by Crippen LogP contribution is 2.33. The summed E-state index contributed by atoms with van der Waals surface area (Å²) in [5.41, 5.74) is 9.22. The van der Waals surface area contributed by atoms with Gasteiger partial charge in [0, 0.05) is 11.3 Å². The predicted octanol–water partition coefficient (Wildman–Crippen LogP) is 3.95. The second kappa shape index (κ2) is 8.57. The molecule has 0 fully saturated rings. The van der Waals surface area contributed by atoms with Gasteiger partial charge < -0.3 is 21.1 Å². The van der Waals surface area contributed by atoms with Crippen molar-refractivity contribution in [3.63, 3.8) is 0 Å². The molecule has 31 heavy (non-hydrogen) atoms. The minimum absolute atomic E-state index is 0.120. The van der Waals surface area contributed by atoms with Crippen molar-refractivity contribution in [3.8, 4) is 17.6 Å². The molecule has 2 aromatic carbocycles. The molecule has 4 aromatic rings. The molecule has 2 heterocycles. The molecule has 0 aliphatic carbocycles. The molecule has 8 heteroatoms. The number of fused-ring (bicyclic) bond motifs is 1. The SMILES string of the molecule is Cc1c(NC(=O)CN)cn2ncc(C#N)c(Nc3ccc(Oc4ccccc4)cc3)c12. The first-order valence-electron chi connectivity index (χ1n) is 9.60. The van der Waals surface area contributed by atoms with Crippen LogP contribution in [0, 0.1) is 18.3 Å². The number of nitriles is 1. The Balaban J connectivity index is 1.65. The van der Waals surface area contributed by atoms with Crippen LogP contribution in [0.25, 0.3) is 5.52 Å². The topological polar surface area (TPSA) is 117 Å². The highest BCUT2D eigenvalue weighted by molar-refractivity contribution is 5.96. The molecular formula is C23H20N6O2. The summed E-state index contributed by atoms with van der Waals surface area (Å²) in [6, 6.07) is 19.1. The van der Waals surface area contributed by atoms with Crippen molar-refractivity contribution in [2.45, 2.75) is 6.92 Å². The van der Waals surface area contributed by atoms with Crippen molar-refractivity contribution in [1.82, 2.24) is 9.61 Å². The summed E-state index contributed by atoms with van der Waals surface area (Å²) in [7, 11) is 0. The fourth-order valence-electron chi connectivity index (χ4n) is 3.20. The molecule has 0 aliphatic heterocycles. The molecule has 154 valence electrons. The van der Waals surface area contributed by atoms with Crippen molar-refractivity contribution < 1.29 is 9.53 Å². The lowest BCUT2D eigenvalue weighted by molar-refractivity contribution is -0.114. The fourth-order valence-corrected chi connectivity index (χ4v) is 3.20. The summed E-state index contributed by atoms with van der Waals surface area (Å²) >= 11 is 0. The Morgan fingerprint density at radius 2 is 1.87 bits per heavy atom. The Labute approximate surface area is 178 Å². The Bertz CT molecular complexity index is 1270. The summed E-state index contributed by atoms with van der Waals surface area (Å²) < 4.78 is 7.45. The number of aryl methyl sites for hydroxylation is 1. The molecule has 8 nitrogen and oxygen atoms in total. The van der Waals surface area contributed by atoms with Crippen molar-refractivity contribution in [3.05, 3.63) is 78.1 Å².